The van der Waals surface area contributed by atoms with Gasteiger partial charge >= 0.3 is 0 Å². The van der Waals surface area contributed by atoms with Crippen LogP contribution in [0.15, 0.2) is 35.7 Å². The molecular weight excluding hydrogens is 362 g/mol. The molecule has 0 aliphatic carbocycles. The van der Waals surface area contributed by atoms with Crippen LogP contribution in [0.1, 0.15) is 0 Å². The maximum absolute atomic E-state index is 12.9. The molecule has 0 spiro atoms. The molecule has 0 amide bonds. The number of thiocarbonyl (C=S) groups is 1. The number of hydrogen-bond donors (Lipinski definition) is 1. The molecule has 0 radical (unpaired) electrons. The first-order valence-corrected chi connectivity index (χ1v) is 9.64. The Morgan fingerprint density at radius 2 is 1.88 bits per heavy atom. The first-order chi connectivity index (χ1) is 11.9. The van der Waals surface area contributed by atoms with Gasteiger partial charge in [-0.1, -0.05) is 6.08 Å². The number of nitrogens with zero attached hydrogens (tertiary/aromatic N) is 2. The van der Waals surface area contributed by atoms with Crippen LogP contribution >= 0.6 is 12.2 Å². The van der Waals surface area contributed by atoms with E-state index in [1.807, 2.05) is 4.90 Å². The minimum absolute atomic E-state index is 0.186. The van der Waals surface area contributed by atoms with Crippen molar-refractivity contribution in [1.29, 1.82) is 0 Å². The number of rotatable bonds is 6. The third kappa shape index (κ3) is 4.42. The molecule has 7 nitrogen and oxygen atoms in total. The molecule has 0 saturated carbocycles. The molecule has 0 bridgehead atoms. The zero-order valence-electron chi connectivity index (χ0n) is 14.4. The molecule has 0 aromatic heterocycles. The molecule has 0 atom stereocenters. The van der Waals surface area contributed by atoms with E-state index in [-0.39, 0.29) is 4.90 Å². The average molecular weight is 386 g/mol. The zero-order chi connectivity index (χ0) is 18.4. The van der Waals surface area contributed by atoms with Gasteiger partial charge in [0.1, 0.15) is 0 Å². The lowest BCUT2D eigenvalue weighted by molar-refractivity contribution is 0.264. The fourth-order valence-corrected chi connectivity index (χ4v) is 4.23. The first-order valence-electron chi connectivity index (χ1n) is 7.80. The normalized spacial score (nSPS) is 15.5. The highest BCUT2D eigenvalue weighted by Crippen LogP contribution is 2.30. The number of benzene rings is 1. The maximum Gasteiger partial charge on any atom is 0.243 e. The zero-order valence-corrected chi connectivity index (χ0v) is 16.0. The van der Waals surface area contributed by atoms with E-state index in [9.17, 15) is 8.42 Å². The van der Waals surface area contributed by atoms with Gasteiger partial charge in [0.2, 0.25) is 10.0 Å². The smallest absolute Gasteiger partial charge is 0.243 e. The Bertz CT molecular complexity index is 729. The van der Waals surface area contributed by atoms with E-state index in [1.54, 1.807) is 12.1 Å². The molecule has 1 N–H and O–H groups in total. The van der Waals surface area contributed by atoms with Gasteiger partial charge in [-0.05, 0) is 24.4 Å². The van der Waals surface area contributed by atoms with Gasteiger partial charge in [0.25, 0.3) is 0 Å². The largest absolute Gasteiger partial charge is 0.493 e. The fourth-order valence-electron chi connectivity index (χ4n) is 2.53. The highest BCUT2D eigenvalue weighted by Gasteiger charge is 2.29. The van der Waals surface area contributed by atoms with E-state index in [0.717, 1.165) is 0 Å². The predicted octanol–water partition coefficient (Wildman–Crippen LogP) is 1.07. The second kappa shape index (κ2) is 8.50. The number of piperazine rings is 1. The van der Waals surface area contributed by atoms with Crippen LogP contribution in [0.2, 0.25) is 0 Å². The molecule has 0 unspecified atom stereocenters. The maximum atomic E-state index is 12.9. The molecule has 1 aromatic carbocycles. The van der Waals surface area contributed by atoms with Gasteiger partial charge in [-0.2, -0.15) is 4.31 Å². The summed E-state index contributed by atoms with van der Waals surface area (Å²) < 4.78 is 37.5. The average Bonchev–Trinajstić information content (AvgIpc) is 2.65. The van der Waals surface area contributed by atoms with Gasteiger partial charge in [0, 0.05) is 38.8 Å². The number of nitrogens with one attached hydrogen (secondary N) is 1. The molecule has 1 aliphatic rings. The van der Waals surface area contributed by atoms with Crippen LogP contribution in [-0.4, -0.2) is 69.7 Å². The number of methoxy groups -OCH3 is 2. The van der Waals surface area contributed by atoms with Crippen molar-refractivity contribution in [3.8, 4) is 11.5 Å². The highest BCUT2D eigenvalue weighted by molar-refractivity contribution is 7.89. The first kappa shape index (κ1) is 19.5. The molecule has 1 heterocycles. The Labute approximate surface area is 154 Å². The summed E-state index contributed by atoms with van der Waals surface area (Å²) in [5.41, 5.74) is 0. The minimum atomic E-state index is -3.59. The van der Waals surface area contributed by atoms with Gasteiger partial charge in [-0.25, -0.2) is 8.42 Å². The lowest BCUT2D eigenvalue weighted by Gasteiger charge is -2.35. The molecule has 1 saturated heterocycles. The summed E-state index contributed by atoms with van der Waals surface area (Å²) in [6, 6.07) is 4.60. The summed E-state index contributed by atoms with van der Waals surface area (Å²) in [6.07, 6.45) is 1.73. The van der Waals surface area contributed by atoms with Crippen LogP contribution in [0.4, 0.5) is 0 Å². The summed E-state index contributed by atoms with van der Waals surface area (Å²) in [4.78, 5) is 2.14. The Morgan fingerprint density at radius 3 is 2.44 bits per heavy atom. The molecule has 9 heteroatoms. The van der Waals surface area contributed by atoms with Crippen LogP contribution in [0.3, 0.4) is 0 Å². The molecule has 25 heavy (non-hydrogen) atoms. The SMILES string of the molecule is C=CCNC(=S)N1CCN(S(=O)(=O)c2ccc(OC)c(OC)c2)CC1. The topological polar surface area (TPSA) is 71.1 Å². The van der Waals surface area contributed by atoms with Crippen molar-refractivity contribution in [2.75, 3.05) is 46.9 Å². The van der Waals surface area contributed by atoms with E-state index >= 15 is 0 Å². The van der Waals surface area contributed by atoms with Gasteiger partial charge < -0.3 is 19.7 Å². The fraction of sp³-hybridized carbons (Fsp3) is 0.438. The lowest BCUT2D eigenvalue weighted by atomic mass is 10.3. The summed E-state index contributed by atoms with van der Waals surface area (Å²) in [7, 11) is -0.610. The van der Waals surface area contributed by atoms with E-state index in [0.29, 0.717) is 49.3 Å². The second-order valence-electron chi connectivity index (χ2n) is 5.38. The molecule has 1 aromatic rings. The van der Waals surface area contributed by atoms with Crippen molar-refractivity contribution in [1.82, 2.24) is 14.5 Å². The van der Waals surface area contributed by atoms with Crippen molar-refractivity contribution >= 4 is 27.4 Å². The van der Waals surface area contributed by atoms with Crippen LogP contribution < -0.4 is 14.8 Å². The standard InChI is InChI=1S/C16H23N3O4S2/c1-4-7-17-16(24)18-8-10-19(11-9-18)25(20,21)13-5-6-14(22-2)15(12-13)23-3/h4-6,12H,1,7-11H2,2-3H3,(H,17,24). The van der Waals surface area contributed by atoms with Crippen molar-refractivity contribution in [2.45, 2.75) is 4.90 Å². The monoisotopic (exact) mass is 385 g/mol. The van der Waals surface area contributed by atoms with Gasteiger partial charge in [-0.15, -0.1) is 6.58 Å². The summed E-state index contributed by atoms with van der Waals surface area (Å²) >= 11 is 5.29. The van der Waals surface area contributed by atoms with E-state index in [1.165, 1.54) is 30.7 Å². The van der Waals surface area contributed by atoms with E-state index < -0.39 is 10.0 Å². The number of hydrogen-bond acceptors (Lipinski definition) is 5. The van der Waals surface area contributed by atoms with Crippen molar-refractivity contribution < 1.29 is 17.9 Å². The summed E-state index contributed by atoms with van der Waals surface area (Å²) in [5.74, 6) is 0.877. The van der Waals surface area contributed by atoms with Crippen LogP contribution in [0.25, 0.3) is 0 Å². The molecule has 1 aliphatic heterocycles. The second-order valence-corrected chi connectivity index (χ2v) is 7.71. The Balaban J connectivity index is 2.09. The molecular formula is C16H23N3O4S2. The van der Waals surface area contributed by atoms with Gasteiger partial charge in [0.05, 0.1) is 19.1 Å². The minimum Gasteiger partial charge on any atom is -0.493 e. The van der Waals surface area contributed by atoms with Crippen LogP contribution in [0, 0.1) is 0 Å². The molecule has 138 valence electrons. The number of sulfonamides is 1. The van der Waals surface area contributed by atoms with E-state index in [4.69, 9.17) is 21.7 Å². The molecule has 1 fully saturated rings. The van der Waals surface area contributed by atoms with Gasteiger partial charge in [-0.3, -0.25) is 0 Å². The Hall–Kier alpha value is -1.84. The summed E-state index contributed by atoms with van der Waals surface area (Å²) in [5, 5.41) is 3.67. The van der Waals surface area contributed by atoms with Crippen molar-refractivity contribution in [3.63, 3.8) is 0 Å². The highest BCUT2D eigenvalue weighted by atomic mass is 32.2. The summed E-state index contributed by atoms with van der Waals surface area (Å²) in [6.45, 7) is 6.03. The predicted molar refractivity (Wildman–Crippen MR) is 101 cm³/mol. The van der Waals surface area contributed by atoms with Crippen LogP contribution in [-0.2, 0) is 10.0 Å². The number of ether oxygens (including phenoxy) is 2. The van der Waals surface area contributed by atoms with Crippen LogP contribution in [0.5, 0.6) is 11.5 Å². The van der Waals surface area contributed by atoms with Crippen molar-refractivity contribution in [2.24, 2.45) is 0 Å². The lowest BCUT2D eigenvalue weighted by Crippen LogP contribution is -2.53. The third-order valence-corrected chi connectivity index (χ3v) is 6.21. The van der Waals surface area contributed by atoms with Gasteiger partial charge in [0.15, 0.2) is 16.6 Å². The Morgan fingerprint density at radius 1 is 1.24 bits per heavy atom. The third-order valence-electron chi connectivity index (χ3n) is 3.92. The van der Waals surface area contributed by atoms with Crippen molar-refractivity contribution in [3.05, 3.63) is 30.9 Å². The van der Waals surface area contributed by atoms with E-state index in [2.05, 4.69) is 11.9 Å². The Kier molecular flexibility index (Phi) is 6.63. The molecule has 2 rings (SSSR count). The quantitative estimate of drug-likeness (QED) is 0.580.